The molecule has 5 aromatic rings. The highest BCUT2D eigenvalue weighted by molar-refractivity contribution is 7.09. The molecule has 0 fully saturated rings. The first-order chi connectivity index (χ1) is 16.1. The SMILES string of the molecule is Cc1nc(CNc2cccc3c(Oc4ncccc4-c4ccnc(N)n4)c(C)ccc23)cs1. The third kappa shape index (κ3) is 4.33. The lowest BCUT2D eigenvalue weighted by atomic mass is 10.0. The molecule has 0 saturated heterocycles. The van der Waals surface area contributed by atoms with Crippen LogP contribution in [0.5, 0.6) is 11.6 Å². The molecule has 0 aliphatic rings. The van der Waals surface area contributed by atoms with Crippen molar-refractivity contribution in [3.8, 4) is 22.9 Å². The molecule has 0 amide bonds. The molecule has 0 atom stereocenters. The molecule has 3 heterocycles. The second-order valence-corrected chi connectivity index (χ2v) is 8.64. The van der Waals surface area contributed by atoms with E-state index < -0.39 is 0 Å². The Labute approximate surface area is 195 Å². The molecule has 33 heavy (non-hydrogen) atoms. The van der Waals surface area contributed by atoms with E-state index in [9.17, 15) is 0 Å². The highest BCUT2D eigenvalue weighted by Gasteiger charge is 2.15. The topological polar surface area (TPSA) is 98.8 Å². The normalized spacial score (nSPS) is 11.0. The lowest BCUT2D eigenvalue weighted by Gasteiger charge is -2.16. The van der Waals surface area contributed by atoms with E-state index in [2.05, 4.69) is 54.9 Å². The van der Waals surface area contributed by atoms with Gasteiger partial charge in [-0.1, -0.05) is 24.3 Å². The van der Waals surface area contributed by atoms with Gasteiger partial charge in [0.2, 0.25) is 11.8 Å². The van der Waals surface area contributed by atoms with Crippen molar-refractivity contribution >= 4 is 33.7 Å². The molecular weight excluding hydrogens is 432 g/mol. The molecule has 0 bridgehead atoms. The van der Waals surface area contributed by atoms with Crippen LogP contribution in [0, 0.1) is 13.8 Å². The third-order valence-corrected chi connectivity index (χ3v) is 6.08. The van der Waals surface area contributed by atoms with E-state index in [1.807, 2.05) is 32.0 Å². The molecule has 0 saturated carbocycles. The zero-order valence-electron chi connectivity index (χ0n) is 18.2. The average molecular weight is 455 g/mol. The highest BCUT2D eigenvalue weighted by atomic mass is 32.1. The van der Waals surface area contributed by atoms with Crippen molar-refractivity contribution in [1.29, 1.82) is 0 Å². The summed E-state index contributed by atoms with van der Waals surface area (Å²) >= 11 is 1.65. The molecule has 0 aliphatic carbocycles. The molecule has 3 aromatic heterocycles. The van der Waals surface area contributed by atoms with Crippen molar-refractivity contribution in [3.05, 3.63) is 82.6 Å². The minimum absolute atomic E-state index is 0.203. The van der Waals surface area contributed by atoms with Gasteiger partial charge in [-0.3, -0.25) is 0 Å². The standard InChI is InChI=1S/C25H22N6OS/c1-15-8-9-18-19(5-3-7-21(18)29-13-17-14-33-16(2)30-17)23(15)32-24-20(6-4-11-27-24)22-10-12-28-25(26)31-22/h3-12,14,29H,13H2,1-2H3,(H2,26,28,31). The number of pyridine rings is 1. The van der Waals surface area contributed by atoms with Gasteiger partial charge in [0.05, 0.1) is 28.5 Å². The Balaban J connectivity index is 1.52. The number of aryl methyl sites for hydroxylation is 2. The maximum atomic E-state index is 6.42. The van der Waals surface area contributed by atoms with E-state index in [1.54, 1.807) is 29.8 Å². The van der Waals surface area contributed by atoms with Gasteiger partial charge in [-0.15, -0.1) is 11.3 Å². The number of nitrogens with one attached hydrogen (secondary N) is 1. The van der Waals surface area contributed by atoms with Crippen molar-refractivity contribution < 1.29 is 4.74 Å². The van der Waals surface area contributed by atoms with Crippen LogP contribution in [-0.2, 0) is 6.54 Å². The summed E-state index contributed by atoms with van der Waals surface area (Å²) in [7, 11) is 0. The molecule has 0 spiro atoms. The summed E-state index contributed by atoms with van der Waals surface area (Å²) in [4.78, 5) is 17.3. The van der Waals surface area contributed by atoms with E-state index in [0.717, 1.165) is 44.0 Å². The maximum Gasteiger partial charge on any atom is 0.228 e. The van der Waals surface area contributed by atoms with Gasteiger partial charge in [0.25, 0.3) is 0 Å². The van der Waals surface area contributed by atoms with E-state index in [1.165, 1.54) is 0 Å². The van der Waals surface area contributed by atoms with Gasteiger partial charge in [-0.25, -0.2) is 19.9 Å². The lowest BCUT2D eigenvalue weighted by Crippen LogP contribution is -2.01. The third-order valence-electron chi connectivity index (χ3n) is 5.26. The monoisotopic (exact) mass is 454 g/mol. The zero-order chi connectivity index (χ0) is 22.8. The molecule has 0 unspecified atom stereocenters. The Bertz CT molecular complexity index is 1450. The summed E-state index contributed by atoms with van der Waals surface area (Å²) in [5, 5.41) is 8.71. The van der Waals surface area contributed by atoms with Gasteiger partial charge in [0.1, 0.15) is 5.75 Å². The van der Waals surface area contributed by atoms with E-state index in [4.69, 9.17) is 10.5 Å². The number of hydrogen-bond donors (Lipinski definition) is 2. The molecule has 8 heteroatoms. The first-order valence-electron chi connectivity index (χ1n) is 10.5. The van der Waals surface area contributed by atoms with Crippen LogP contribution in [0.4, 0.5) is 11.6 Å². The van der Waals surface area contributed by atoms with Crippen LogP contribution >= 0.6 is 11.3 Å². The summed E-state index contributed by atoms with van der Waals surface area (Å²) in [6.45, 7) is 4.70. The summed E-state index contributed by atoms with van der Waals surface area (Å²) in [5.41, 5.74) is 10.3. The molecule has 5 rings (SSSR count). The summed E-state index contributed by atoms with van der Waals surface area (Å²) in [6, 6.07) is 15.9. The Morgan fingerprint density at radius 2 is 1.85 bits per heavy atom. The molecule has 0 aliphatic heterocycles. The smallest absolute Gasteiger partial charge is 0.228 e. The summed E-state index contributed by atoms with van der Waals surface area (Å²) in [6.07, 6.45) is 3.33. The van der Waals surface area contributed by atoms with Crippen LogP contribution in [-0.4, -0.2) is 19.9 Å². The Morgan fingerprint density at radius 3 is 2.67 bits per heavy atom. The van der Waals surface area contributed by atoms with Crippen molar-refractivity contribution in [1.82, 2.24) is 19.9 Å². The number of anilines is 2. The van der Waals surface area contributed by atoms with Crippen molar-refractivity contribution in [2.45, 2.75) is 20.4 Å². The minimum atomic E-state index is 0.203. The van der Waals surface area contributed by atoms with Gasteiger partial charge in [-0.2, -0.15) is 0 Å². The quantitative estimate of drug-likeness (QED) is 0.337. The first kappa shape index (κ1) is 20.8. The Morgan fingerprint density at radius 1 is 0.939 bits per heavy atom. The summed E-state index contributed by atoms with van der Waals surface area (Å²) < 4.78 is 6.42. The fraction of sp³-hybridized carbons (Fsp3) is 0.120. The second kappa shape index (κ2) is 8.84. The van der Waals surface area contributed by atoms with Gasteiger partial charge in [0.15, 0.2) is 0 Å². The molecule has 164 valence electrons. The number of aromatic nitrogens is 4. The predicted molar refractivity (Wildman–Crippen MR) is 133 cm³/mol. The molecule has 2 aromatic carbocycles. The van der Waals surface area contributed by atoms with Gasteiger partial charge < -0.3 is 15.8 Å². The van der Waals surface area contributed by atoms with Crippen LogP contribution in [0.2, 0.25) is 0 Å². The van der Waals surface area contributed by atoms with Crippen LogP contribution in [0.1, 0.15) is 16.3 Å². The molecule has 3 N–H and O–H groups in total. The number of ether oxygens (including phenoxy) is 1. The number of rotatable bonds is 6. The molecule has 0 radical (unpaired) electrons. The predicted octanol–water partition coefficient (Wildman–Crippen LogP) is 5.75. The van der Waals surface area contributed by atoms with Crippen molar-refractivity contribution in [2.75, 3.05) is 11.1 Å². The van der Waals surface area contributed by atoms with Crippen LogP contribution in [0.25, 0.3) is 22.0 Å². The number of fused-ring (bicyclic) bond motifs is 1. The highest BCUT2D eigenvalue weighted by Crippen LogP contribution is 2.38. The van der Waals surface area contributed by atoms with E-state index in [0.29, 0.717) is 18.1 Å². The van der Waals surface area contributed by atoms with E-state index >= 15 is 0 Å². The van der Waals surface area contributed by atoms with Crippen molar-refractivity contribution in [2.24, 2.45) is 0 Å². The number of benzene rings is 2. The van der Waals surface area contributed by atoms with Gasteiger partial charge >= 0.3 is 0 Å². The first-order valence-corrected chi connectivity index (χ1v) is 11.4. The summed E-state index contributed by atoms with van der Waals surface area (Å²) in [5.74, 6) is 1.42. The van der Waals surface area contributed by atoms with Crippen molar-refractivity contribution in [3.63, 3.8) is 0 Å². The minimum Gasteiger partial charge on any atom is -0.437 e. The van der Waals surface area contributed by atoms with Crippen LogP contribution < -0.4 is 15.8 Å². The maximum absolute atomic E-state index is 6.42. The molecular formula is C25H22N6OS. The number of hydrogen-bond acceptors (Lipinski definition) is 8. The Hall–Kier alpha value is -4.04. The number of nitrogens with two attached hydrogens (primary N) is 1. The number of nitrogen functional groups attached to an aromatic ring is 1. The second-order valence-electron chi connectivity index (χ2n) is 7.58. The van der Waals surface area contributed by atoms with E-state index in [-0.39, 0.29) is 5.95 Å². The fourth-order valence-electron chi connectivity index (χ4n) is 3.69. The Kier molecular flexibility index (Phi) is 5.58. The zero-order valence-corrected chi connectivity index (χ0v) is 19.1. The fourth-order valence-corrected chi connectivity index (χ4v) is 4.30. The van der Waals surface area contributed by atoms with Crippen LogP contribution in [0.15, 0.2) is 66.3 Å². The lowest BCUT2D eigenvalue weighted by molar-refractivity contribution is 0.466. The largest absolute Gasteiger partial charge is 0.437 e. The number of nitrogens with zero attached hydrogens (tertiary/aromatic N) is 4. The van der Waals surface area contributed by atoms with Gasteiger partial charge in [0, 0.05) is 34.2 Å². The van der Waals surface area contributed by atoms with Crippen LogP contribution in [0.3, 0.4) is 0 Å². The number of thiazole rings is 1. The molecule has 7 nitrogen and oxygen atoms in total. The van der Waals surface area contributed by atoms with Gasteiger partial charge in [-0.05, 0) is 43.7 Å². The average Bonchev–Trinajstić information content (AvgIpc) is 3.25.